The van der Waals surface area contributed by atoms with Crippen LogP contribution in [0, 0.1) is 17.7 Å². The molecule has 3 aromatic carbocycles. The highest BCUT2D eigenvalue weighted by Gasteiger charge is 2.67. The second-order valence-electron chi connectivity index (χ2n) is 28.3. The van der Waals surface area contributed by atoms with Crippen molar-refractivity contribution in [3.8, 4) is 11.4 Å². The number of benzene rings is 3. The topological polar surface area (TPSA) is 150 Å². The molecule has 91 heavy (non-hydrogen) atoms. The van der Waals surface area contributed by atoms with Crippen LogP contribution in [-0.4, -0.2) is 178 Å². The Kier molecular flexibility index (Phi) is 16.6. The molecule has 1 N–H and O–H groups in total. The number of hydrogen-bond donors (Lipinski definition) is 1. The number of ether oxygens (including phenoxy) is 1. The Balaban J connectivity index is 0.000000132. The third-order valence-corrected chi connectivity index (χ3v) is 21.1. The standard InChI is InChI=1S/C24H27F3N4O.C23H34FN3O2.C23H24N6O/c1-29(2)23(18-6-4-3-5-7-18)14-22(15-23)16-30(21(32)31(22)13-17-8-9-17)20-10-19(11-28-12-20)24(25,26)27;1-21(2,29-5)15-26-16-22(27(20(26)28)12-17-9-10-17)13-23(14-22,25(3)4)18-7-6-8-19(24)11-18;1-28(2)23(18-6-4-3-5-7-18)14-22(15-23)16-29(21(30)27-22)19-12-25-20(26-13-19)17-8-10-24-11-9-17/h3-7,10-12,17H,8-9,13-16H2,1-2H3;6-8,11,17H,9-10,12-16H2,1-5H3;3-13H,14-16H2,1-2H3,(H,27,30). The number of methoxy groups -OCH3 is 1. The minimum Gasteiger partial charge on any atom is -0.377 e. The van der Waals surface area contributed by atoms with E-state index >= 15 is 0 Å². The summed E-state index contributed by atoms with van der Waals surface area (Å²) in [6, 6.07) is 32.4. The van der Waals surface area contributed by atoms with Crippen molar-refractivity contribution < 1.29 is 36.7 Å². The normalized spacial score (nSPS) is 27.7. The average Bonchev–Trinajstić information content (AvgIpc) is 1.49. The molecule has 14 rings (SSSR count). The van der Waals surface area contributed by atoms with E-state index in [4.69, 9.17) is 4.74 Å². The molecule has 8 aliphatic rings. The molecule has 0 bridgehead atoms. The minimum atomic E-state index is -4.50. The molecule has 8 fully saturated rings. The lowest BCUT2D eigenvalue weighted by atomic mass is 9.58. The Bertz CT molecular complexity index is 3590. The molecule has 6 aromatic rings. The Morgan fingerprint density at radius 3 is 1.62 bits per heavy atom. The number of hydrogen-bond acceptors (Lipinski definition) is 11. The second-order valence-corrected chi connectivity index (χ2v) is 28.3. The molecule has 5 saturated carbocycles. The van der Waals surface area contributed by atoms with Crippen molar-refractivity contribution in [2.45, 2.75) is 123 Å². The first kappa shape index (κ1) is 63.6. The van der Waals surface area contributed by atoms with Gasteiger partial charge in [-0.2, -0.15) is 13.2 Å². The lowest BCUT2D eigenvalue weighted by molar-refractivity contribution is -0.137. The summed E-state index contributed by atoms with van der Waals surface area (Å²) >= 11 is 0. The lowest BCUT2D eigenvalue weighted by Gasteiger charge is -2.60. The number of amides is 6. The molecule has 482 valence electrons. The van der Waals surface area contributed by atoms with Gasteiger partial charge in [-0.1, -0.05) is 72.8 Å². The van der Waals surface area contributed by atoms with Gasteiger partial charge in [-0.3, -0.25) is 34.5 Å². The van der Waals surface area contributed by atoms with E-state index in [2.05, 4.69) is 124 Å². The maximum atomic E-state index is 14.0. The number of carbonyl (C=O) groups is 3. The third kappa shape index (κ3) is 12.0. The van der Waals surface area contributed by atoms with Crippen LogP contribution in [0.5, 0.6) is 0 Å². The van der Waals surface area contributed by atoms with Gasteiger partial charge < -0.3 is 24.8 Å². The number of urea groups is 3. The van der Waals surface area contributed by atoms with Crippen LogP contribution in [0.3, 0.4) is 0 Å². The molecule has 3 aliphatic heterocycles. The van der Waals surface area contributed by atoms with E-state index in [0.29, 0.717) is 49.5 Å². The molecule has 6 heterocycles. The van der Waals surface area contributed by atoms with Crippen LogP contribution in [0.2, 0.25) is 0 Å². The summed E-state index contributed by atoms with van der Waals surface area (Å²) in [7, 11) is 14.1. The smallest absolute Gasteiger partial charge is 0.377 e. The molecule has 3 aromatic heterocycles. The molecular formula is C70H85F4N13O4. The summed E-state index contributed by atoms with van der Waals surface area (Å²) in [6.45, 7) is 7.85. The van der Waals surface area contributed by atoms with Crippen molar-refractivity contribution in [1.82, 2.24) is 54.7 Å². The first-order valence-corrected chi connectivity index (χ1v) is 31.7. The summed E-state index contributed by atoms with van der Waals surface area (Å²) in [6.07, 6.45) is 14.1. The van der Waals surface area contributed by atoms with Crippen LogP contribution in [0.15, 0.2) is 140 Å². The molecule has 0 unspecified atom stereocenters. The second kappa shape index (κ2) is 23.8. The first-order valence-electron chi connectivity index (χ1n) is 31.7. The van der Waals surface area contributed by atoms with Crippen molar-refractivity contribution in [1.29, 1.82) is 0 Å². The van der Waals surface area contributed by atoms with Crippen molar-refractivity contribution in [2.75, 3.05) is 98.5 Å². The highest BCUT2D eigenvalue weighted by Crippen LogP contribution is 2.60. The summed E-state index contributed by atoms with van der Waals surface area (Å²) in [4.78, 5) is 72.3. The monoisotopic (exact) mass is 1250 g/mol. The number of anilines is 2. The van der Waals surface area contributed by atoms with Gasteiger partial charge in [0.1, 0.15) is 5.82 Å². The van der Waals surface area contributed by atoms with Gasteiger partial charge in [0.2, 0.25) is 0 Å². The number of carbonyl (C=O) groups excluding carboxylic acids is 3. The van der Waals surface area contributed by atoms with E-state index in [0.717, 1.165) is 87.8 Å². The van der Waals surface area contributed by atoms with Crippen molar-refractivity contribution in [2.24, 2.45) is 11.8 Å². The van der Waals surface area contributed by atoms with Gasteiger partial charge in [0, 0.05) is 50.9 Å². The Hall–Kier alpha value is -7.59. The van der Waals surface area contributed by atoms with Gasteiger partial charge in [-0.05, 0) is 179 Å². The number of rotatable bonds is 16. The number of alkyl halides is 3. The third-order valence-electron chi connectivity index (χ3n) is 21.1. The molecule has 3 saturated heterocycles. The van der Waals surface area contributed by atoms with Crippen LogP contribution < -0.4 is 15.1 Å². The predicted octanol–water partition coefficient (Wildman–Crippen LogP) is 11.5. The van der Waals surface area contributed by atoms with Crippen LogP contribution in [-0.2, 0) is 27.5 Å². The van der Waals surface area contributed by atoms with Crippen molar-refractivity contribution in [3.63, 3.8) is 0 Å². The fourth-order valence-electron chi connectivity index (χ4n) is 15.5. The van der Waals surface area contributed by atoms with Gasteiger partial charge >= 0.3 is 24.3 Å². The van der Waals surface area contributed by atoms with E-state index in [9.17, 15) is 31.9 Å². The Labute approximate surface area is 531 Å². The molecule has 3 spiro atoms. The average molecular weight is 1250 g/mol. The van der Waals surface area contributed by atoms with Crippen molar-refractivity contribution in [3.05, 3.63) is 168 Å². The Morgan fingerprint density at radius 1 is 0.582 bits per heavy atom. The highest BCUT2D eigenvalue weighted by molar-refractivity contribution is 5.96. The van der Waals surface area contributed by atoms with Crippen LogP contribution in [0.4, 0.5) is 43.3 Å². The zero-order chi connectivity index (χ0) is 64.5. The number of nitrogens with one attached hydrogen (secondary N) is 1. The molecule has 6 amide bonds. The number of nitrogens with zero attached hydrogens (tertiary/aromatic N) is 12. The van der Waals surface area contributed by atoms with E-state index in [1.54, 1.807) is 48.9 Å². The fraction of sp³-hybridized carbons (Fsp3) is 0.500. The van der Waals surface area contributed by atoms with E-state index in [-0.39, 0.29) is 62.9 Å². The summed E-state index contributed by atoms with van der Waals surface area (Å²) in [5, 5.41) is 3.24. The molecule has 5 aliphatic carbocycles. The SMILES string of the molecule is CN(C)C1(c2ccccc2)CC2(CN(c3cnc(-c4ccncc4)nc3)C(=O)N2)C1.CN(C)C1(c2ccccc2)CC2(CN(c3cncc(C(F)(F)F)c3)C(=O)N2CC2CC2)C1.COC(C)(C)CN1CC2(CC(c3cccc(F)c3)(N(C)C)C2)N(CC2CC2)C1=O. The molecular weight excluding hydrogens is 1160 g/mol. The van der Waals surface area contributed by atoms with Gasteiger partial charge in [-0.25, -0.2) is 28.7 Å². The number of aromatic nitrogens is 4. The fourth-order valence-corrected chi connectivity index (χ4v) is 15.5. The van der Waals surface area contributed by atoms with Gasteiger partial charge in [0.25, 0.3) is 0 Å². The molecule has 0 atom stereocenters. The summed E-state index contributed by atoms with van der Waals surface area (Å²) in [5.74, 6) is 1.54. The largest absolute Gasteiger partial charge is 0.417 e. The lowest BCUT2D eigenvalue weighted by Crippen LogP contribution is -2.67. The van der Waals surface area contributed by atoms with Gasteiger partial charge in [0.05, 0.1) is 94.0 Å². The zero-order valence-corrected chi connectivity index (χ0v) is 53.8. The van der Waals surface area contributed by atoms with Crippen LogP contribution >= 0.6 is 0 Å². The molecule has 0 radical (unpaired) electrons. The van der Waals surface area contributed by atoms with E-state index in [1.807, 2.05) is 66.1 Å². The van der Waals surface area contributed by atoms with E-state index in [1.165, 1.54) is 41.1 Å². The number of halogens is 4. The minimum absolute atomic E-state index is 0.0632. The zero-order valence-electron chi connectivity index (χ0n) is 53.8. The molecule has 17 nitrogen and oxygen atoms in total. The highest BCUT2D eigenvalue weighted by atomic mass is 19.4. The summed E-state index contributed by atoms with van der Waals surface area (Å²) < 4.78 is 59.4. The van der Waals surface area contributed by atoms with Gasteiger partial charge in [0.15, 0.2) is 5.82 Å². The summed E-state index contributed by atoms with van der Waals surface area (Å²) in [5.41, 5.74) is 2.79. The van der Waals surface area contributed by atoms with E-state index < -0.39 is 17.3 Å². The Morgan fingerprint density at radius 2 is 1.10 bits per heavy atom. The predicted molar refractivity (Wildman–Crippen MR) is 341 cm³/mol. The number of pyridine rings is 2. The first-order chi connectivity index (χ1) is 43.3. The quantitative estimate of drug-likeness (QED) is 0.0923. The molecule has 21 heteroatoms. The van der Waals surface area contributed by atoms with Crippen molar-refractivity contribution >= 4 is 29.5 Å². The van der Waals surface area contributed by atoms with Gasteiger partial charge in [-0.15, -0.1) is 0 Å². The van der Waals surface area contributed by atoms with Crippen LogP contribution in [0.25, 0.3) is 11.4 Å². The maximum absolute atomic E-state index is 14.0. The van der Waals surface area contributed by atoms with Crippen LogP contribution in [0.1, 0.15) is 100 Å². The maximum Gasteiger partial charge on any atom is 0.417 e.